The molecule has 1 aromatic carbocycles. The second kappa shape index (κ2) is 6.89. The molecule has 1 saturated carbocycles. The van der Waals surface area contributed by atoms with Crippen molar-refractivity contribution in [3.63, 3.8) is 0 Å². The van der Waals surface area contributed by atoms with Crippen LogP contribution in [0, 0.1) is 6.92 Å². The Morgan fingerprint density at radius 2 is 1.83 bits per heavy atom. The van der Waals surface area contributed by atoms with Crippen LogP contribution < -0.4 is 0 Å². The predicted molar refractivity (Wildman–Crippen MR) is 90.3 cm³/mol. The van der Waals surface area contributed by atoms with Crippen LogP contribution in [0.2, 0.25) is 0 Å². The molecule has 1 saturated heterocycles. The van der Waals surface area contributed by atoms with Crippen LogP contribution in [-0.2, 0) is 21.5 Å². The first-order valence-electron chi connectivity index (χ1n) is 8.36. The number of rotatable bonds is 6. The molecule has 0 N–H and O–H groups in total. The smallest absolute Gasteiger partial charge is 0.282 e. The number of hydrogen-bond acceptors (Lipinski definition) is 3. The highest BCUT2D eigenvalue weighted by Gasteiger charge is 2.41. The van der Waals surface area contributed by atoms with Gasteiger partial charge in [-0.25, -0.2) is 0 Å². The van der Waals surface area contributed by atoms with Crippen LogP contribution in [0.15, 0.2) is 24.3 Å². The number of benzene rings is 1. The Kier molecular flexibility index (Phi) is 5.06. The fourth-order valence-electron chi connectivity index (χ4n) is 3.15. The minimum Gasteiger partial charge on any atom is -0.381 e. The maximum absolute atomic E-state index is 13.1. The average molecular weight is 338 g/mol. The molecule has 3 rings (SSSR count). The Balaban J connectivity index is 1.78. The highest BCUT2D eigenvalue weighted by molar-refractivity contribution is 7.86. The quantitative estimate of drug-likeness (QED) is 0.800. The van der Waals surface area contributed by atoms with Crippen molar-refractivity contribution in [2.24, 2.45) is 0 Å². The summed E-state index contributed by atoms with van der Waals surface area (Å²) in [7, 11) is -1.72. The molecule has 2 fully saturated rings. The van der Waals surface area contributed by atoms with Crippen LogP contribution in [0.5, 0.6) is 0 Å². The second-order valence-electron chi connectivity index (χ2n) is 6.63. The number of nitrogens with zero attached hydrogens (tertiary/aromatic N) is 2. The molecule has 0 amide bonds. The lowest BCUT2D eigenvalue weighted by Crippen LogP contribution is -2.48. The van der Waals surface area contributed by atoms with E-state index in [9.17, 15) is 8.42 Å². The number of ether oxygens (including phenoxy) is 1. The van der Waals surface area contributed by atoms with Gasteiger partial charge in [0, 0.05) is 38.9 Å². The van der Waals surface area contributed by atoms with Gasteiger partial charge < -0.3 is 4.74 Å². The van der Waals surface area contributed by atoms with Gasteiger partial charge in [-0.05, 0) is 38.2 Å². The van der Waals surface area contributed by atoms with E-state index in [2.05, 4.69) is 6.07 Å². The third kappa shape index (κ3) is 3.94. The number of aryl methyl sites for hydroxylation is 1. The van der Waals surface area contributed by atoms with Gasteiger partial charge in [-0.1, -0.05) is 29.8 Å². The molecule has 5 nitrogen and oxygen atoms in total. The molecule has 0 spiro atoms. The van der Waals surface area contributed by atoms with Crippen molar-refractivity contribution < 1.29 is 13.2 Å². The molecule has 128 valence electrons. The van der Waals surface area contributed by atoms with Crippen molar-refractivity contribution in [2.75, 3.05) is 20.3 Å². The molecule has 0 unspecified atom stereocenters. The van der Waals surface area contributed by atoms with Gasteiger partial charge in [0.15, 0.2) is 0 Å². The van der Waals surface area contributed by atoms with Crippen molar-refractivity contribution in [2.45, 2.75) is 51.2 Å². The maximum Gasteiger partial charge on any atom is 0.282 e. The van der Waals surface area contributed by atoms with E-state index in [0.717, 1.165) is 36.8 Å². The van der Waals surface area contributed by atoms with E-state index >= 15 is 0 Å². The van der Waals surface area contributed by atoms with Gasteiger partial charge in [-0.3, -0.25) is 0 Å². The molecule has 2 aliphatic rings. The standard InChI is InChI=1S/C17H26N2O3S/c1-14-4-3-5-15(12-14)13-19(17-6-7-17)23(20,21)18(2)16-8-10-22-11-9-16/h3-5,12,16-17H,6-11,13H2,1-2H3. The normalized spacial score (nSPS) is 20.3. The van der Waals surface area contributed by atoms with Crippen LogP contribution in [0.25, 0.3) is 0 Å². The van der Waals surface area contributed by atoms with E-state index in [0.29, 0.717) is 19.8 Å². The summed E-state index contributed by atoms with van der Waals surface area (Å²) in [6, 6.07) is 8.31. The summed E-state index contributed by atoms with van der Waals surface area (Å²) in [4.78, 5) is 0. The number of hydrogen-bond donors (Lipinski definition) is 0. The molecule has 1 heterocycles. The summed E-state index contributed by atoms with van der Waals surface area (Å²) in [6.07, 6.45) is 3.48. The Morgan fingerprint density at radius 1 is 1.13 bits per heavy atom. The second-order valence-corrected chi connectivity index (χ2v) is 8.57. The average Bonchev–Trinajstić information content (AvgIpc) is 3.37. The van der Waals surface area contributed by atoms with Gasteiger partial charge in [0.2, 0.25) is 0 Å². The van der Waals surface area contributed by atoms with E-state index in [1.165, 1.54) is 0 Å². The van der Waals surface area contributed by atoms with E-state index in [1.807, 2.05) is 25.1 Å². The molecule has 0 aromatic heterocycles. The first-order chi connectivity index (χ1) is 11.0. The first-order valence-corrected chi connectivity index (χ1v) is 9.76. The van der Waals surface area contributed by atoms with Crippen LogP contribution >= 0.6 is 0 Å². The van der Waals surface area contributed by atoms with Crippen molar-refractivity contribution in [3.8, 4) is 0 Å². The van der Waals surface area contributed by atoms with Crippen molar-refractivity contribution in [3.05, 3.63) is 35.4 Å². The highest BCUT2D eigenvalue weighted by Crippen LogP contribution is 2.33. The molecule has 0 bridgehead atoms. The molecule has 1 aliphatic carbocycles. The zero-order valence-corrected chi connectivity index (χ0v) is 14.8. The lowest BCUT2D eigenvalue weighted by atomic mass is 10.1. The molecule has 6 heteroatoms. The summed E-state index contributed by atoms with van der Waals surface area (Å²) < 4.78 is 34.8. The molecule has 23 heavy (non-hydrogen) atoms. The summed E-state index contributed by atoms with van der Waals surface area (Å²) in [5.74, 6) is 0. The third-order valence-corrected chi connectivity index (χ3v) is 6.79. The third-order valence-electron chi connectivity index (χ3n) is 4.74. The lowest BCUT2D eigenvalue weighted by Gasteiger charge is -2.34. The zero-order chi connectivity index (χ0) is 16.4. The maximum atomic E-state index is 13.1. The van der Waals surface area contributed by atoms with Crippen LogP contribution in [0.3, 0.4) is 0 Å². The minimum absolute atomic E-state index is 0.0486. The van der Waals surface area contributed by atoms with E-state index in [4.69, 9.17) is 4.74 Å². The van der Waals surface area contributed by atoms with Gasteiger partial charge >= 0.3 is 0 Å². The van der Waals surface area contributed by atoms with Gasteiger partial charge in [0.1, 0.15) is 0 Å². The van der Waals surface area contributed by atoms with Gasteiger partial charge in [-0.2, -0.15) is 17.0 Å². The Hall–Kier alpha value is -0.950. The summed E-state index contributed by atoms with van der Waals surface area (Å²) in [5.41, 5.74) is 2.22. The van der Waals surface area contributed by atoms with Crippen molar-refractivity contribution >= 4 is 10.2 Å². The molecule has 0 atom stereocenters. The Bertz CT molecular complexity index is 637. The van der Waals surface area contributed by atoms with Crippen molar-refractivity contribution in [1.82, 2.24) is 8.61 Å². The summed E-state index contributed by atoms with van der Waals surface area (Å²) in [5, 5.41) is 0. The zero-order valence-electron chi connectivity index (χ0n) is 13.9. The van der Waals surface area contributed by atoms with E-state index in [1.54, 1.807) is 15.7 Å². The molecule has 1 aromatic rings. The van der Waals surface area contributed by atoms with Crippen LogP contribution in [0.4, 0.5) is 0 Å². The monoisotopic (exact) mass is 338 g/mol. The highest BCUT2D eigenvalue weighted by atomic mass is 32.2. The fraction of sp³-hybridized carbons (Fsp3) is 0.647. The fourth-order valence-corrected chi connectivity index (χ4v) is 4.97. The van der Waals surface area contributed by atoms with Crippen molar-refractivity contribution in [1.29, 1.82) is 0 Å². The van der Waals surface area contributed by atoms with Gasteiger partial charge in [0.25, 0.3) is 10.2 Å². The topological polar surface area (TPSA) is 49.9 Å². The Morgan fingerprint density at radius 3 is 2.43 bits per heavy atom. The molecule has 0 radical (unpaired) electrons. The van der Waals surface area contributed by atoms with E-state index in [-0.39, 0.29) is 12.1 Å². The molecule has 1 aliphatic heterocycles. The predicted octanol–water partition coefficient (Wildman–Crippen LogP) is 2.32. The summed E-state index contributed by atoms with van der Waals surface area (Å²) >= 11 is 0. The lowest BCUT2D eigenvalue weighted by molar-refractivity contribution is 0.0616. The van der Waals surface area contributed by atoms with Crippen LogP contribution in [0.1, 0.15) is 36.8 Å². The molecular weight excluding hydrogens is 312 g/mol. The van der Waals surface area contributed by atoms with Gasteiger partial charge in [-0.15, -0.1) is 0 Å². The Labute approximate surface area is 139 Å². The van der Waals surface area contributed by atoms with Gasteiger partial charge in [0.05, 0.1) is 0 Å². The van der Waals surface area contributed by atoms with Crippen LogP contribution in [-0.4, -0.2) is 49.4 Å². The SMILES string of the molecule is Cc1cccc(CN(C2CC2)S(=O)(=O)N(C)C2CCOCC2)c1. The summed E-state index contributed by atoms with van der Waals surface area (Å²) in [6.45, 7) is 3.79. The molecular formula is C17H26N2O3S. The first kappa shape index (κ1) is 16.9. The van der Waals surface area contributed by atoms with E-state index < -0.39 is 10.2 Å². The largest absolute Gasteiger partial charge is 0.381 e. The minimum atomic E-state index is -3.44.